The van der Waals surface area contributed by atoms with Crippen LogP contribution in [0.2, 0.25) is 0 Å². The Morgan fingerprint density at radius 3 is 1.04 bits per heavy atom. The summed E-state index contributed by atoms with van der Waals surface area (Å²) >= 11 is 0. The van der Waals surface area contributed by atoms with Crippen LogP contribution in [-0.4, -0.2) is 63.7 Å². The van der Waals surface area contributed by atoms with Gasteiger partial charge in [0, 0.05) is 0 Å². The zero-order valence-corrected chi connectivity index (χ0v) is 36.7. The van der Waals surface area contributed by atoms with Crippen molar-refractivity contribution in [2.24, 2.45) is 0 Å². The molecule has 0 amide bonds. The summed E-state index contributed by atoms with van der Waals surface area (Å²) in [5.74, 6) is 0. The van der Waals surface area contributed by atoms with E-state index in [2.05, 4.69) is 27.7 Å². The van der Waals surface area contributed by atoms with Crippen molar-refractivity contribution in [3.63, 3.8) is 0 Å². The fourth-order valence-corrected chi connectivity index (χ4v) is 9.36. The monoisotopic (exact) mass is 790 g/mol. The molecule has 0 unspecified atom stereocenters. The third kappa shape index (κ3) is 15.2. The summed E-state index contributed by atoms with van der Waals surface area (Å²) in [6, 6.07) is 19.5. The van der Waals surface area contributed by atoms with Gasteiger partial charge in [-0.2, -0.15) is 0 Å². The Morgan fingerprint density at radius 2 is 0.736 bits per heavy atom. The van der Waals surface area contributed by atoms with E-state index in [1.807, 2.05) is 60.7 Å². The van der Waals surface area contributed by atoms with Gasteiger partial charge in [0.1, 0.15) is 20.2 Å². The van der Waals surface area contributed by atoms with E-state index in [1.165, 1.54) is 0 Å². The summed E-state index contributed by atoms with van der Waals surface area (Å²) in [5, 5.41) is 3.90. The number of rotatable bonds is 22. The van der Waals surface area contributed by atoms with Crippen molar-refractivity contribution < 1.29 is 25.9 Å². The third-order valence-electron chi connectivity index (χ3n) is 10.0. The van der Waals surface area contributed by atoms with Crippen molar-refractivity contribution in [2.75, 3.05) is 0 Å². The van der Waals surface area contributed by atoms with Gasteiger partial charge in [0.05, 0.1) is 9.79 Å². The first-order valence-corrected chi connectivity index (χ1v) is 22.8. The van der Waals surface area contributed by atoms with Crippen LogP contribution in [0.1, 0.15) is 153 Å². The van der Waals surface area contributed by atoms with Crippen molar-refractivity contribution >= 4 is 79.5 Å². The quantitative estimate of drug-likeness (QED) is 0.0445. The molecule has 0 saturated heterocycles. The molecule has 4 rings (SSSR count). The van der Waals surface area contributed by atoms with Crippen molar-refractivity contribution in [2.45, 2.75) is 166 Å². The van der Waals surface area contributed by atoms with E-state index in [0.29, 0.717) is 36.8 Å². The minimum Gasteiger partial charge on any atom is -0.744 e. The molecule has 0 radical (unpaired) electrons. The molecule has 0 N–H and O–H groups in total. The molecule has 0 saturated carbocycles. The Balaban J connectivity index is 0.000000360. The number of aryl methyl sites for hydroxylation is 4. The van der Waals surface area contributed by atoms with Crippen molar-refractivity contribution in [3.05, 3.63) is 82.9 Å². The molecule has 0 aliphatic carbocycles. The van der Waals surface area contributed by atoms with Gasteiger partial charge in [0.2, 0.25) is 0 Å². The topological polar surface area (TPSA) is 114 Å². The molecular weight excluding hydrogens is 729 g/mol. The molecule has 4 aromatic carbocycles. The van der Waals surface area contributed by atoms with Gasteiger partial charge >= 0.3 is 37.7 Å². The molecule has 6 nitrogen and oxygen atoms in total. The second-order valence-electron chi connectivity index (χ2n) is 14.3. The number of fused-ring (bicyclic) bond motifs is 2. The average molecular weight is 791 g/mol. The summed E-state index contributed by atoms with van der Waals surface area (Å²) < 4.78 is 72.8. The van der Waals surface area contributed by atoms with Crippen LogP contribution in [-0.2, 0) is 45.9 Å². The first kappa shape index (κ1) is 47.6. The maximum absolute atomic E-state index is 12.1. The van der Waals surface area contributed by atoms with E-state index < -0.39 is 20.2 Å². The number of benzene rings is 4. The average Bonchev–Trinajstić information content (AvgIpc) is 3.11. The SMILES string of the molecule is CCCCCCc1cc2ccccc2c(CCCCCC)c1S(=O)(=O)[O-].CCCCCCc1cc2ccccc2c(CCCCCC)c1S(=O)(=O)[O-].[Ca+2]. The molecule has 0 fully saturated rings. The summed E-state index contributed by atoms with van der Waals surface area (Å²) in [6.45, 7) is 8.61. The molecule has 4 aromatic rings. The fourth-order valence-electron chi connectivity index (χ4n) is 7.37. The number of unbranched alkanes of at least 4 members (excludes halogenated alkanes) is 12. The van der Waals surface area contributed by atoms with Crippen LogP contribution in [0.3, 0.4) is 0 Å². The van der Waals surface area contributed by atoms with E-state index in [4.69, 9.17) is 0 Å². The minimum absolute atomic E-state index is 0. The van der Waals surface area contributed by atoms with Crippen molar-refractivity contribution in [1.82, 2.24) is 0 Å². The molecule has 53 heavy (non-hydrogen) atoms. The molecule has 0 atom stereocenters. The fraction of sp³-hybridized carbons (Fsp3) is 0.545. The Labute approximate surface area is 351 Å². The summed E-state index contributed by atoms with van der Waals surface area (Å²) in [6.07, 6.45) is 19.6. The van der Waals surface area contributed by atoms with Crippen molar-refractivity contribution in [3.8, 4) is 0 Å². The number of hydrogen-bond acceptors (Lipinski definition) is 6. The Kier molecular flexibility index (Phi) is 22.4. The van der Waals surface area contributed by atoms with Gasteiger partial charge in [0.15, 0.2) is 0 Å². The normalized spacial score (nSPS) is 11.7. The largest absolute Gasteiger partial charge is 2.00 e. The predicted octanol–water partition coefficient (Wildman–Crippen LogP) is 11.6. The van der Waals surface area contributed by atoms with Gasteiger partial charge in [-0.15, -0.1) is 0 Å². The summed E-state index contributed by atoms with van der Waals surface area (Å²) in [4.78, 5) is 0.119. The van der Waals surface area contributed by atoms with Crippen molar-refractivity contribution in [1.29, 1.82) is 0 Å². The third-order valence-corrected chi connectivity index (χ3v) is 12.0. The smallest absolute Gasteiger partial charge is 0.744 e. The zero-order valence-electron chi connectivity index (χ0n) is 32.9. The van der Waals surface area contributed by atoms with Gasteiger partial charge in [-0.25, -0.2) is 16.8 Å². The van der Waals surface area contributed by atoms with Gasteiger partial charge in [-0.05, 0) is 107 Å². The Bertz CT molecular complexity index is 1770. The molecule has 0 bridgehead atoms. The molecule has 0 heterocycles. The van der Waals surface area contributed by atoms with Crippen LogP contribution in [0.25, 0.3) is 21.5 Å². The summed E-state index contributed by atoms with van der Waals surface area (Å²) in [7, 11) is -8.98. The van der Waals surface area contributed by atoms with Crippen LogP contribution in [0.4, 0.5) is 0 Å². The van der Waals surface area contributed by atoms with E-state index in [0.717, 1.165) is 135 Å². The Hall–Kier alpha value is -1.52. The molecule has 0 aliphatic rings. The van der Waals surface area contributed by atoms with Gasteiger partial charge < -0.3 is 9.11 Å². The molecule has 9 heteroatoms. The molecule has 288 valence electrons. The van der Waals surface area contributed by atoms with E-state index >= 15 is 0 Å². The molecular formula is C44H62CaO6S2. The van der Waals surface area contributed by atoms with E-state index in [-0.39, 0.29) is 47.5 Å². The second kappa shape index (κ2) is 24.9. The van der Waals surface area contributed by atoms with Gasteiger partial charge in [-0.3, -0.25) is 0 Å². The Morgan fingerprint density at radius 1 is 0.434 bits per heavy atom. The first-order valence-electron chi connectivity index (χ1n) is 20.0. The van der Waals surface area contributed by atoms with Crippen LogP contribution < -0.4 is 0 Å². The van der Waals surface area contributed by atoms with Crippen LogP contribution in [0.15, 0.2) is 70.5 Å². The molecule has 0 aromatic heterocycles. The predicted molar refractivity (Wildman–Crippen MR) is 221 cm³/mol. The number of hydrogen-bond donors (Lipinski definition) is 0. The van der Waals surface area contributed by atoms with E-state index in [9.17, 15) is 25.9 Å². The maximum Gasteiger partial charge on any atom is 2.00 e. The maximum atomic E-state index is 12.1. The first-order chi connectivity index (χ1) is 25.0. The van der Waals surface area contributed by atoms with Crippen LogP contribution >= 0.6 is 0 Å². The zero-order chi connectivity index (χ0) is 38.0. The minimum atomic E-state index is -4.49. The molecule has 0 aliphatic heterocycles. The second-order valence-corrected chi connectivity index (χ2v) is 16.9. The summed E-state index contributed by atoms with van der Waals surface area (Å²) in [5.41, 5.74) is 2.89. The van der Waals surface area contributed by atoms with Gasteiger partial charge in [0.25, 0.3) is 0 Å². The van der Waals surface area contributed by atoms with Crippen LogP contribution in [0, 0.1) is 0 Å². The molecule has 0 spiro atoms. The standard InChI is InChI=1S/2C22H32O3S.Ca/c2*1-3-5-7-9-14-19-17-18-13-11-12-15-20(18)21(16-10-8-6-4-2)22(19)26(23,24)25;/h2*11-13,15,17H,3-10,14,16H2,1-2H3,(H,23,24,25);/q;;+2/p-2. The van der Waals surface area contributed by atoms with E-state index in [1.54, 1.807) is 0 Å². The van der Waals surface area contributed by atoms with Gasteiger partial charge in [-0.1, -0.05) is 153 Å². The van der Waals surface area contributed by atoms with Crippen LogP contribution in [0.5, 0.6) is 0 Å².